The third-order valence-corrected chi connectivity index (χ3v) is 1.78. The van der Waals surface area contributed by atoms with E-state index in [1.807, 2.05) is 0 Å². The molecule has 1 saturated heterocycles. The van der Waals surface area contributed by atoms with E-state index in [-0.39, 0.29) is 5.82 Å². The van der Waals surface area contributed by atoms with E-state index in [0.29, 0.717) is 6.10 Å². The summed E-state index contributed by atoms with van der Waals surface area (Å²) in [7, 11) is 0. The molecule has 58 valence electrons. The number of rotatable bonds is 2. The molecule has 1 aromatic carbocycles. The van der Waals surface area contributed by atoms with E-state index in [1.165, 1.54) is 12.1 Å². The molecule has 1 heterocycles. The maximum Gasteiger partial charge on any atom is 0.123 e. The van der Waals surface area contributed by atoms with Gasteiger partial charge in [-0.2, -0.15) is 0 Å². The van der Waals surface area contributed by atoms with Crippen LogP contribution in [0.3, 0.4) is 0 Å². The van der Waals surface area contributed by atoms with Gasteiger partial charge >= 0.3 is 0 Å². The fourth-order valence-electron chi connectivity index (χ4n) is 1.07. The number of benzene rings is 1. The molecule has 0 bridgehead atoms. The summed E-state index contributed by atoms with van der Waals surface area (Å²) < 4.78 is 17.5. The predicted octanol–water partition coefficient (Wildman–Crippen LogP) is 1.77. The molecule has 0 amide bonds. The van der Waals surface area contributed by atoms with E-state index in [2.05, 4.69) is 0 Å². The summed E-state index contributed by atoms with van der Waals surface area (Å²) in [6.45, 7) is 0.859. The van der Waals surface area contributed by atoms with E-state index in [1.54, 1.807) is 12.1 Å². The molecule has 0 aliphatic carbocycles. The Balaban J connectivity index is 2.06. The largest absolute Gasteiger partial charge is 0.373 e. The van der Waals surface area contributed by atoms with Crippen molar-refractivity contribution >= 4 is 0 Å². The first-order chi connectivity index (χ1) is 5.34. The Morgan fingerprint density at radius 3 is 2.55 bits per heavy atom. The zero-order valence-electron chi connectivity index (χ0n) is 6.09. The van der Waals surface area contributed by atoms with Gasteiger partial charge in [-0.3, -0.25) is 0 Å². The second-order valence-corrected chi connectivity index (χ2v) is 2.79. The van der Waals surface area contributed by atoms with Crippen LogP contribution in [0.5, 0.6) is 0 Å². The number of epoxide rings is 1. The summed E-state index contributed by atoms with van der Waals surface area (Å²) in [6, 6.07) is 6.57. The summed E-state index contributed by atoms with van der Waals surface area (Å²) in [6.07, 6.45) is 1.31. The van der Waals surface area contributed by atoms with Gasteiger partial charge in [0.25, 0.3) is 0 Å². The van der Waals surface area contributed by atoms with Crippen molar-refractivity contribution in [1.82, 2.24) is 0 Å². The molecule has 1 atom stereocenters. The Morgan fingerprint density at radius 2 is 2.00 bits per heavy atom. The highest BCUT2D eigenvalue weighted by Gasteiger charge is 2.22. The van der Waals surface area contributed by atoms with Crippen LogP contribution in [-0.4, -0.2) is 12.7 Å². The SMILES string of the molecule is Fc1ccc(C[C@H]2CO2)cc1. The van der Waals surface area contributed by atoms with Crippen LogP contribution < -0.4 is 0 Å². The van der Waals surface area contributed by atoms with Gasteiger partial charge in [0, 0.05) is 6.42 Å². The minimum Gasteiger partial charge on any atom is -0.373 e. The van der Waals surface area contributed by atoms with Crippen LogP contribution >= 0.6 is 0 Å². The first-order valence-electron chi connectivity index (χ1n) is 3.70. The van der Waals surface area contributed by atoms with Crippen molar-refractivity contribution in [2.45, 2.75) is 12.5 Å². The highest BCUT2D eigenvalue weighted by molar-refractivity contribution is 5.17. The molecule has 0 spiro atoms. The molecule has 1 aliphatic rings. The van der Waals surface area contributed by atoms with Gasteiger partial charge in [0.2, 0.25) is 0 Å². The zero-order chi connectivity index (χ0) is 7.68. The molecule has 1 nitrogen and oxygen atoms in total. The number of halogens is 1. The van der Waals surface area contributed by atoms with Crippen LogP contribution in [0.25, 0.3) is 0 Å². The van der Waals surface area contributed by atoms with Gasteiger partial charge in [-0.25, -0.2) is 4.39 Å². The standard InChI is InChI=1S/C9H9FO/c10-8-3-1-7(2-4-8)5-9-6-11-9/h1-4,9H,5-6H2/t9-/m0/s1. The van der Waals surface area contributed by atoms with Gasteiger partial charge in [-0.1, -0.05) is 12.1 Å². The smallest absolute Gasteiger partial charge is 0.123 e. The normalized spacial score (nSPS) is 21.7. The molecule has 0 aromatic heterocycles. The minimum atomic E-state index is -0.175. The second-order valence-electron chi connectivity index (χ2n) is 2.79. The molecule has 1 aliphatic heterocycles. The van der Waals surface area contributed by atoms with Gasteiger partial charge in [0.1, 0.15) is 5.82 Å². The van der Waals surface area contributed by atoms with Crippen molar-refractivity contribution in [1.29, 1.82) is 0 Å². The number of ether oxygens (including phenoxy) is 1. The Morgan fingerprint density at radius 1 is 1.36 bits per heavy atom. The Kier molecular flexibility index (Phi) is 1.62. The molecule has 0 radical (unpaired) electrons. The zero-order valence-corrected chi connectivity index (χ0v) is 6.09. The number of hydrogen-bond donors (Lipinski definition) is 0. The Labute approximate surface area is 64.8 Å². The first kappa shape index (κ1) is 6.80. The maximum absolute atomic E-state index is 12.4. The van der Waals surface area contributed by atoms with Crippen LogP contribution in [0, 0.1) is 5.82 Å². The van der Waals surface area contributed by atoms with Crippen molar-refractivity contribution in [3.8, 4) is 0 Å². The molecule has 0 N–H and O–H groups in total. The lowest BCUT2D eigenvalue weighted by molar-refractivity contribution is 0.407. The van der Waals surface area contributed by atoms with Crippen molar-refractivity contribution in [3.63, 3.8) is 0 Å². The quantitative estimate of drug-likeness (QED) is 0.588. The lowest BCUT2D eigenvalue weighted by Gasteiger charge is -1.95. The van der Waals surface area contributed by atoms with Crippen LogP contribution in [-0.2, 0) is 11.2 Å². The number of hydrogen-bond acceptors (Lipinski definition) is 1. The summed E-state index contributed by atoms with van der Waals surface area (Å²) in [5.41, 5.74) is 1.15. The molecule has 2 rings (SSSR count). The third kappa shape index (κ3) is 1.77. The van der Waals surface area contributed by atoms with E-state index >= 15 is 0 Å². The molecule has 2 heteroatoms. The van der Waals surface area contributed by atoms with E-state index in [4.69, 9.17) is 4.74 Å². The van der Waals surface area contributed by atoms with E-state index in [9.17, 15) is 4.39 Å². The van der Waals surface area contributed by atoms with Gasteiger partial charge in [0.05, 0.1) is 12.7 Å². The topological polar surface area (TPSA) is 12.5 Å². The lowest BCUT2D eigenvalue weighted by atomic mass is 10.1. The molecular weight excluding hydrogens is 143 g/mol. The molecule has 0 unspecified atom stereocenters. The highest BCUT2D eigenvalue weighted by Crippen LogP contribution is 2.15. The summed E-state index contributed by atoms with van der Waals surface area (Å²) in [5, 5.41) is 0. The average Bonchev–Trinajstić information content (AvgIpc) is 2.78. The van der Waals surface area contributed by atoms with Crippen molar-refractivity contribution < 1.29 is 9.13 Å². The van der Waals surface area contributed by atoms with Crippen molar-refractivity contribution in [2.24, 2.45) is 0 Å². The second kappa shape index (κ2) is 2.62. The third-order valence-electron chi connectivity index (χ3n) is 1.78. The van der Waals surface area contributed by atoms with Gasteiger partial charge in [-0.15, -0.1) is 0 Å². The van der Waals surface area contributed by atoms with Crippen LogP contribution in [0.1, 0.15) is 5.56 Å². The lowest BCUT2D eigenvalue weighted by Crippen LogP contribution is -1.92. The summed E-state index contributed by atoms with van der Waals surface area (Å²) in [5.74, 6) is -0.175. The van der Waals surface area contributed by atoms with Crippen LogP contribution in [0.15, 0.2) is 24.3 Å². The van der Waals surface area contributed by atoms with Crippen molar-refractivity contribution in [2.75, 3.05) is 6.61 Å². The molecule has 11 heavy (non-hydrogen) atoms. The van der Waals surface area contributed by atoms with Crippen molar-refractivity contribution in [3.05, 3.63) is 35.6 Å². The fourth-order valence-corrected chi connectivity index (χ4v) is 1.07. The minimum absolute atomic E-state index is 0.175. The monoisotopic (exact) mass is 152 g/mol. The highest BCUT2D eigenvalue weighted by atomic mass is 19.1. The van der Waals surface area contributed by atoms with Gasteiger partial charge in [0.15, 0.2) is 0 Å². The Hall–Kier alpha value is -0.890. The van der Waals surface area contributed by atoms with E-state index in [0.717, 1.165) is 18.6 Å². The molecular formula is C9H9FO. The molecule has 1 aromatic rings. The predicted molar refractivity (Wildman–Crippen MR) is 39.8 cm³/mol. The molecule has 1 fully saturated rings. The van der Waals surface area contributed by atoms with Crippen LogP contribution in [0.2, 0.25) is 0 Å². The van der Waals surface area contributed by atoms with Crippen LogP contribution in [0.4, 0.5) is 4.39 Å². The van der Waals surface area contributed by atoms with Gasteiger partial charge in [-0.05, 0) is 17.7 Å². The van der Waals surface area contributed by atoms with E-state index < -0.39 is 0 Å². The maximum atomic E-state index is 12.4. The average molecular weight is 152 g/mol. The summed E-state index contributed by atoms with van der Waals surface area (Å²) in [4.78, 5) is 0. The summed E-state index contributed by atoms with van der Waals surface area (Å²) >= 11 is 0. The van der Waals surface area contributed by atoms with Gasteiger partial charge < -0.3 is 4.74 Å². The molecule has 0 saturated carbocycles. The first-order valence-corrected chi connectivity index (χ1v) is 3.70. The fraction of sp³-hybridized carbons (Fsp3) is 0.333. The Bertz CT molecular complexity index is 238.